The van der Waals surface area contributed by atoms with E-state index in [1.54, 1.807) is 0 Å². The zero-order chi connectivity index (χ0) is 12.3. The summed E-state index contributed by atoms with van der Waals surface area (Å²) in [4.78, 5) is 11.0. The number of aromatic nitrogens is 1. The van der Waals surface area contributed by atoms with Crippen LogP contribution in [0.4, 0.5) is 0 Å². The molecular formula is C12H14BrN3O. The first-order valence-electron chi connectivity index (χ1n) is 5.45. The quantitative estimate of drug-likeness (QED) is 0.516. The lowest BCUT2D eigenvalue weighted by Crippen LogP contribution is -2.29. The van der Waals surface area contributed by atoms with Gasteiger partial charge in [0.25, 0.3) is 0 Å². The SMILES string of the molecule is NNC(=O)CCCn1ccc2c(Br)cccc21. The molecule has 0 unspecified atom stereocenters. The highest BCUT2D eigenvalue weighted by Gasteiger charge is 2.04. The van der Waals surface area contributed by atoms with Crippen LogP contribution in [-0.2, 0) is 11.3 Å². The number of carbonyl (C=O) groups excluding carboxylic acids is 1. The molecule has 1 aromatic carbocycles. The Bertz CT molecular complexity index is 536. The van der Waals surface area contributed by atoms with Gasteiger partial charge in [-0.1, -0.05) is 22.0 Å². The van der Waals surface area contributed by atoms with Crippen molar-refractivity contribution in [2.45, 2.75) is 19.4 Å². The minimum Gasteiger partial charge on any atom is -0.347 e. The van der Waals surface area contributed by atoms with Crippen molar-refractivity contribution in [3.63, 3.8) is 0 Å². The normalized spacial score (nSPS) is 10.7. The number of halogens is 1. The minimum absolute atomic E-state index is 0.123. The van der Waals surface area contributed by atoms with Crippen LogP contribution in [0.3, 0.4) is 0 Å². The predicted molar refractivity (Wildman–Crippen MR) is 71.2 cm³/mol. The fourth-order valence-corrected chi connectivity index (χ4v) is 2.35. The maximum Gasteiger partial charge on any atom is 0.233 e. The van der Waals surface area contributed by atoms with Gasteiger partial charge < -0.3 is 4.57 Å². The maximum absolute atomic E-state index is 11.0. The van der Waals surface area contributed by atoms with E-state index in [2.05, 4.69) is 38.1 Å². The lowest BCUT2D eigenvalue weighted by molar-refractivity contribution is -0.121. The molecule has 2 aromatic rings. The Hall–Kier alpha value is -1.33. The number of aryl methyl sites for hydroxylation is 1. The summed E-state index contributed by atoms with van der Waals surface area (Å²) in [7, 11) is 0. The molecule has 1 heterocycles. The van der Waals surface area contributed by atoms with E-state index >= 15 is 0 Å². The van der Waals surface area contributed by atoms with Crippen LogP contribution in [0.25, 0.3) is 10.9 Å². The van der Waals surface area contributed by atoms with Crippen molar-refractivity contribution in [3.8, 4) is 0 Å². The summed E-state index contributed by atoms with van der Waals surface area (Å²) in [6.45, 7) is 0.813. The van der Waals surface area contributed by atoms with Gasteiger partial charge in [0.05, 0.1) is 0 Å². The van der Waals surface area contributed by atoms with Crippen molar-refractivity contribution < 1.29 is 4.79 Å². The number of hydrazine groups is 1. The highest BCUT2D eigenvalue weighted by Crippen LogP contribution is 2.24. The van der Waals surface area contributed by atoms with Gasteiger partial charge in [-0.05, 0) is 24.6 Å². The molecule has 90 valence electrons. The van der Waals surface area contributed by atoms with E-state index in [4.69, 9.17) is 5.84 Å². The van der Waals surface area contributed by atoms with Crippen molar-refractivity contribution in [2.24, 2.45) is 5.84 Å². The largest absolute Gasteiger partial charge is 0.347 e. The Kier molecular flexibility index (Phi) is 3.81. The average Bonchev–Trinajstić information content (AvgIpc) is 2.74. The second-order valence-corrected chi connectivity index (χ2v) is 4.71. The van der Waals surface area contributed by atoms with E-state index in [-0.39, 0.29) is 5.91 Å². The minimum atomic E-state index is -0.123. The van der Waals surface area contributed by atoms with Gasteiger partial charge in [0, 0.05) is 34.5 Å². The van der Waals surface area contributed by atoms with Crippen molar-refractivity contribution >= 4 is 32.7 Å². The number of nitrogens with one attached hydrogen (secondary N) is 1. The first kappa shape index (κ1) is 12.1. The lowest BCUT2D eigenvalue weighted by atomic mass is 10.2. The summed E-state index contributed by atoms with van der Waals surface area (Å²) in [5.41, 5.74) is 3.31. The molecule has 0 aliphatic heterocycles. The first-order chi connectivity index (χ1) is 8.22. The Balaban J connectivity index is 2.09. The van der Waals surface area contributed by atoms with Gasteiger partial charge in [-0.3, -0.25) is 10.2 Å². The summed E-state index contributed by atoms with van der Waals surface area (Å²) in [6.07, 6.45) is 3.26. The number of carbonyl (C=O) groups is 1. The lowest BCUT2D eigenvalue weighted by Gasteiger charge is -2.05. The van der Waals surface area contributed by atoms with Crippen LogP contribution in [-0.4, -0.2) is 10.5 Å². The van der Waals surface area contributed by atoms with Crippen molar-refractivity contribution in [3.05, 3.63) is 34.9 Å². The number of rotatable bonds is 4. The summed E-state index contributed by atoms with van der Waals surface area (Å²) in [6, 6.07) is 8.18. The maximum atomic E-state index is 11.0. The van der Waals surface area contributed by atoms with E-state index in [0.29, 0.717) is 6.42 Å². The van der Waals surface area contributed by atoms with Crippen LogP contribution >= 0.6 is 15.9 Å². The third-order valence-corrected chi connectivity index (χ3v) is 3.42. The van der Waals surface area contributed by atoms with Gasteiger partial charge in [-0.25, -0.2) is 5.84 Å². The zero-order valence-corrected chi connectivity index (χ0v) is 10.9. The molecule has 0 atom stereocenters. The van der Waals surface area contributed by atoms with Crippen LogP contribution < -0.4 is 11.3 Å². The van der Waals surface area contributed by atoms with E-state index < -0.39 is 0 Å². The van der Waals surface area contributed by atoms with Crippen LogP contribution in [0.15, 0.2) is 34.9 Å². The number of hydrogen-bond donors (Lipinski definition) is 2. The first-order valence-corrected chi connectivity index (χ1v) is 6.24. The summed E-state index contributed by atoms with van der Waals surface area (Å²) >= 11 is 3.52. The Morgan fingerprint density at radius 2 is 2.24 bits per heavy atom. The topological polar surface area (TPSA) is 60.0 Å². The van der Waals surface area contributed by atoms with Gasteiger partial charge in [0.15, 0.2) is 0 Å². The molecule has 0 saturated carbocycles. The molecule has 1 amide bonds. The Labute approximate surface area is 108 Å². The standard InChI is InChI=1S/C12H14BrN3O/c13-10-3-1-4-11-9(10)6-8-16(11)7-2-5-12(17)15-14/h1,3-4,6,8H,2,5,7,14H2,(H,15,17). The molecule has 4 nitrogen and oxygen atoms in total. The van der Waals surface area contributed by atoms with Gasteiger partial charge in [0.1, 0.15) is 0 Å². The molecule has 0 saturated heterocycles. The van der Waals surface area contributed by atoms with Crippen LogP contribution in [0.1, 0.15) is 12.8 Å². The van der Waals surface area contributed by atoms with Gasteiger partial charge >= 0.3 is 0 Å². The molecule has 3 N–H and O–H groups in total. The third kappa shape index (κ3) is 2.68. The predicted octanol–water partition coefficient (Wildman–Crippen LogP) is 2.17. The van der Waals surface area contributed by atoms with Crippen molar-refractivity contribution in [1.29, 1.82) is 0 Å². The molecule has 1 aromatic heterocycles. The van der Waals surface area contributed by atoms with Gasteiger partial charge in [0.2, 0.25) is 5.91 Å². The molecule has 0 radical (unpaired) electrons. The molecule has 17 heavy (non-hydrogen) atoms. The third-order valence-electron chi connectivity index (χ3n) is 2.72. The Morgan fingerprint density at radius 1 is 1.41 bits per heavy atom. The fourth-order valence-electron chi connectivity index (χ4n) is 1.86. The fraction of sp³-hybridized carbons (Fsp3) is 0.250. The van der Waals surface area contributed by atoms with Gasteiger partial charge in [-0.2, -0.15) is 0 Å². The van der Waals surface area contributed by atoms with E-state index in [1.807, 2.05) is 18.3 Å². The molecular weight excluding hydrogens is 282 g/mol. The van der Waals surface area contributed by atoms with E-state index in [9.17, 15) is 4.79 Å². The second-order valence-electron chi connectivity index (χ2n) is 3.85. The molecule has 2 rings (SSSR count). The molecule has 0 fully saturated rings. The number of hydrogen-bond acceptors (Lipinski definition) is 2. The molecule has 0 spiro atoms. The summed E-state index contributed by atoms with van der Waals surface area (Å²) in [5.74, 6) is 4.91. The Morgan fingerprint density at radius 3 is 3.00 bits per heavy atom. The van der Waals surface area contributed by atoms with Gasteiger partial charge in [-0.15, -0.1) is 0 Å². The zero-order valence-electron chi connectivity index (χ0n) is 9.32. The number of amides is 1. The average molecular weight is 296 g/mol. The smallest absolute Gasteiger partial charge is 0.233 e. The number of nitrogens with two attached hydrogens (primary N) is 1. The monoisotopic (exact) mass is 295 g/mol. The number of nitrogens with zero attached hydrogens (tertiary/aromatic N) is 1. The number of fused-ring (bicyclic) bond motifs is 1. The molecule has 5 heteroatoms. The molecule has 0 aliphatic carbocycles. The summed E-state index contributed by atoms with van der Waals surface area (Å²) in [5, 5.41) is 1.19. The van der Waals surface area contributed by atoms with Crippen LogP contribution in [0.5, 0.6) is 0 Å². The van der Waals surface area contributed by atoms with Crippen LogP contribution in [0, 0.1) is 0 Å². The second kappa shape index (κ2) is 5.33. The van der Waals surface area contributed by atoms with E-state index in [1.165, 1.54) is 10.9 Å². The van der Waals surface area contributed by atoms with Crippen molar-refractivity contribution in [1.82, 2.24) is 9.99 Å². The van der Waals surface area contributed by atoms with Crippen LogP contribution in [0.2, 0.25) is 0 Å². The number of benzene rings is 1. The highest BCUT2D eigenvalue weighted by atomic mass is 79.9. The highest BCUT2D eigenvalue weighted by molar-refractivity contribution is 9.10. The molecule has 0 bridgehead atoms. The molecule has 0 aliphatic rings. The van der Waals surface area contributed by atoms with Crippen molar-refractivity contribution in [2.75, 3.05) is 0 Å². The summed E-state index contributed by atoms with van der Waals surface area (Å²) < 4.78 is 3.23. The van der Waals surface area contributed by atoms with E-state index in [0.717, 1.165) is 17.4 Å².